The number of halogens is 4. The molecule has 0 N–H and O–H groups in total. The van der Waals surface area contributed by atoms with Gasteiger partial charge in [-0.3, -0.25) is 0 Å². The van der Waals surface area contributed by atoms with Gasteiger partial charge in [0.1, 0.15) is 5.82 Å². The van der Waals surface area contributed by atoms with Gasteiger partial charge < -0.3 is 0 Å². The third kappa shape index (κ3) is 3.17. The monoisotopic (exact) mass is 376 g/mol. The molecule has 0 amide bonds. The fourth-order valence-corrected chi connectivity index (χ4v) is 5.67. The highest BCUT2D eigenvalue weighted by Gasteiger charge is 2.48. The summed E-state index contributed by atoms with van der Waals surface area (Å²) in [5, 5.41) is 0. The first kappa shape index (κ1) is 18.5. The van der Waals surface area contributed by atoms with Crippen molar-refractivity contribution in [2.24, 2.45) is 11.8 Å². The highest BCUT2D eigenvalue weighted by atomic mass is 19.4. The van der Waals surface area contributed by atoms with Crippen molar-refractivity contribution in [3.8, 4) is 0 Å². The Morgan fingerprint density at radius 3 is 2.22 bits per heavy atom. The summed E-state index contributed by atoms with van der Waals surface area (Å²) in [6.45, 7) is 0. The van der Waals surface area contributed by atoms with Crippen molar-refractivity contribution in [1.82, 2.24) is 0 Å². The van der Waals surface area contributed by atoms with Crippen molar-refractivity contribution in [3.05, 3.63) is 71.0 Å². The van der Waals surface area contributed by atoms with Gasteiger partial charge in [-0.1, -0.05) is 68.5 Å². The van der Waals surface area contributed by atoms with Crippen molar-refractivity contribution in [1.29, 1.82) is 0 Å². The zero-order chi connectivity index (χ0) is 19.1. The molecule has 2 aromatic rings. The van der Waals surface area contributed by atoms with Crippen molar-refractivity contribution in [3.63, 3.8) is 0 Å². The van der Waals surface area contributed by atoms with Gasteiger partial charge in [0.05, 0.1) is 5.56 Å². The van der Waals surface area contributed by atoms with E-state index in [0.29, 0.717) is 17.4 Å². The molecule has 2 fully saturated rings. The first-order valence-electron chi connectivity index (χ1n) is 9.85. The summed E-state index contributed by atoms with van der Waals surface area (Å²) in [7, 11) is 0. The van der Waals surface area contributed by atoms with Gasteiger partial charge in [0.15, 0.2) is 0 Å². The van der Waals surface area contributed by atoms with E-state index in [1.54, 1.807) is 0 Å². The first-order valence-corrected chi connectivity index (χ1v) is 9.85. The largest absolute Gasteiger partial charge is 0.419 e. The van der Waals surface area contributed by atoms with Gasteiger partial charge in [-0.2, -0.15) is 13.2 Å². The molecule has 2 aromatic carbocycles. The SMILES string of the molecule is Fc1cc(C2(c3ccccc3)CCC[C@@H]3CCCC[C@H]32)ccc1C(F)(F)F. The summed E-state index contributed by atoms with van der Waals surface area (Å²) < 4.78 is 53.7. The van der Waals surface area contributed by atoms with Crippen LogP contribution in [0.1, 0.15) is 61.6 Å². The van der Waals surface area contributed by atoms with E-state index in [-0.39, 0.29) is 0 Å². The Morgan fingerprint density at radius 2 is 1.52 bits per heavy atom. The highest BCUT2D eigenvalue weighted by molar-refractivity contribution is 5.43. The zero-order valence-corrected chi connectivity index (χ0v) is 15.2. The van der Waals surface area contributed by atoms with Crippen LogP contribution in [0, 0.1) is 17.7 Å². The Balaban J connectivity index is 1.88. The predicted octanol–water partition coefficient (Wildman–Crippen LogP) is 7.12. The molecule has 0 aromatic heterocycles. The van der Waals surface area contributed by atoms with Crippen LogP contribution >= 0.6 is 0 Å². The maximum atomic E-state index is 14.5. The second kappa shape index (κ2) is 6.96. The molecule has 4 rings (SSSR count). The minimum Gasteiger partial charge on any atom is -0.206 e. The summed E-state index contributed by atoms with van der Waals surface area (Å²) in [5.74, 6) is -0.232. The van der Waals surface area contributed by atoms with E-state index in [9.17, 15) is 17.6 Å². The first-order chi connectivity index (χ1) is 12.9. The van der Waals surface area contributed by atoms with E-state index >= 15 is 0 Å². The summed E-state index contributed by atoms with van der Waals surface area (Å²) >= 11 is 0. The lowest BCUT2D eigenvalue weighted by Crippen LogP contribution is -2.45. The molecule has 0 nitrogen and oxygen atoms in total. The molecule has 2 saturated carbocycles. The molecule has 0 aliphatic heterocycles. The second-order valence-electron chi connectivity index (χ2n) is 8.07. The van der Waals surface area contributed by atoms with Crippen LogP contribution in [0.3, 0.4) is 0 Å². The van der Waals surface area contributed by atoms with E-state index in [2.05, 4.69) is 12.1 Å². The maximum absolute atomic E-state index is 14.5. The molecule has 0 radical (unpaired) electrons. The summed E-state index contributed by atoms with van der Waals surface area (Å²) in [6, 6.07) is 13.6. The van der Waals surface area contributed by atoms with Gasteiger partial charge in [0.25, 0.3) is 0 Å². The van der Waals surface area contributed by atoms with Crippen LogP contribution < -0.4 is 0 Å². The molecule has 2 aliphatic rings. The number of hydrogen-bond donors (Lipinski definition) is 0. The lowest BCUT2D eigenvalue weighted by Gasteiger charge is -2.51. The molecular weight excluding hydrogens is 352 g/mol. The predicted molar refractivity (Wildman–Crippen MR) is 97.9 cm³/mol. The number of alkyl halides is 3. The molecule has 0 spiro atoms. The topological polar surface area (TPSA) is 0 Å². The quantitative estimate of drug-likeness (QED) is 0.490. The van der Waals surface area contributed by atoms with Gasteiger partial charge in [0, 0.05) is 5.41 Å². The summed E-state index contributed by atoms with van der Waals surface area (Å²) in [4.78, 5) is 0. The van der Waals surface area contributed by atoms with Crippen molar-refractivity contribution < 1.29 is 17.6 Å². The molecule has 0 saturated heterocycles. The number of rotatable bonds is 2. The average Bonchev–Trinajstić information content (AvgIpc) is 2.67. The normalized spacial score (nSPS) is 28.6. The van der Waals surface area contributed by atoms with Crippen LogP contribution in [0.15, 0.2) is 48.5 Å². The number of fused-ring (bicyclic) bond motifs is 1. The van der Waals surface area contributed by atoms with Gasteiger partial charge in [-0.25, -0.2) is 4.39 Å². The van der Waals surface area contributed by atoms with E-state index in [0.717, 1.165) is 43.4 Å². The molecule has 2 aliphatic carbocycles. The van der Waals surface area contributed by atoms with Crippen molar-refractivity contribution >= 4 is 0 Å². The Kier molecular flexibility index (Phi) is 4.77. The van der Waals surface area contributed by atoms with E-state index < -0.39 is 23.0 Å². The Labute approximate surface area is 157 Å². The minimum absolute atomic E-state index is 0.360. The van der Waals surface area contributed by atoms with Gasteiger partial charge in [-0.15, -0.1) is 0 Å². The van der Waals surface area contributed by atoms with Crippen LogP contribution in [0.5, 0.6) is 0 Å². The molecule has 144 valence electrons. The van der Waals surface area contributed by atoms with Gasteiger partial charge in [0.2, 0.25) is 0 Å². The minimum atomic E-state index is -4.66. The van der Waals surface area contributed by atoms with Crippen LogP contribution in [-0.4, -0.2) is 0 Å². The molecular formula is C23H24F4. The van der Waals surface area contributed by atoms with Gasteiger partial charge >= 0.3 is 6.18 Å². The lowest BCUT2D eigenvalue weighted by atomic mass is 9.52. The second-order valence-corrected chi connectivity index (χ2v) is 8.07. The van der Waals surface area contributed by atoms with Crippen LogP contribution in [-0.2, 0) is 11.6 Å². The Hall–Kier alpha value is -1.84. The van der Waals surface area contributed by atoms with Crippen LogP contribution in [0.2, 0.25) is 0 Å². The molecule has 3 atom stereocenters. The average molecular weight is 376 g/mol. The molecule has 0 bridgehead atoms. The molecule has 1 unspecified atom stereocenters. The Morgan fingerprint density at radius 1 is 0.815 bits per heavy atom. The van der Waals surface area contributed by atoms with Crippen molar-refractivity contribution in [2.45, 2.75) is 56.5 Å². The zero-order valence-electron chi connectivity index (χ0n) is 15.2. The third-order valence-electron chi connectivity index (χ3n) is 6.77. The van der Waals surface area contributed by atoms with E-state index in [1.165, 1.54) is 25.3 Å². The fraction of sp³-hybridized carbons (Fsp3) is 0.478. The summed E-state index contributed by atoms with van der Waals surface area (Å²) in [6.07, 6.45) is 2.98. The maximum Gasteiger partial charge on any atom is 0.419 e. The van der Waals surface area contributed by atoms with Crippen LogP contribution in [0.4, 0.5) is 17.6 Å². The third-order valence-corrected chi connectivity index (χ3v) is 6.77. The molecule has 0 heterocycles. The van der Waals surface area contributed by atoms with E-state index in [4.69, 9.17) is 0 Å². The van der Waals surface area contributed by atoms with E-state index in [1.807, 2.05) is 18.2 Å². The fourth-order valence-electron chi connectivity index (χ4n) is 5.67. The molecule has 27 heavy (non-hydrogen) atoms. The highest BCUT2D eigenvalue weighted by Crippen LogP contribution is 2.55. The number of benzene rings is 2. The lowest BCUT2D eigenvalue weighted by molar-refractivity contribution is -0.140. The summed E-state index contributed by atoms with van der Waals surface area (Å²) in [5.41, 5.74) is 0.247. The van der Waals surface area contributed by atoms with Gasteiger partial charge in [-0.05, 0) is 47.9 Å². The number of hydrogen-bond acceptors (Lipinski definition) is 0. The smallest absolute Gasteiger partial charge is 0.206 e. The standard InChI is InChI=1S/C23H24F4/c24-21-15-18(12-13-20(21)23(25,26)27)22(17-9-2-1-3-10-17)14-6-8-16-7-4-5-11-19(16)22/h1-3,9-10,12-13,15-16,19H,4-8,11,14H2/t16-,19+,22?/m0/s1. The van der Waals surface area contributed by atoms with Crippen LogP contribution in [0.25, 0.3) is 0 Å². The Bertz CT molecular complexity index is 794. The van der Waals surface area contributed by atoms with Crippen molar-refractivity contribution in [2.75, 3.05) is 0 Å². The molecule has 4 heteroatoms.